The first-order valence-corrected chi connectivity index (χ1v) is 8.64. The minimum absolute atomic E-state index is 0.727. The highest BCUT2D eigenvalue weighted by Crippen LogP contribution is 2.29. The van der Waals surface area contributed by atoms with Gasteiger partial charge in [0.15, 0.2) is 0 Å². The molecule has 0 radical (unpaired) electrons. The van der Waals surface area contributed by atoms with Crippen LogP contribution in [0.3, 0.4) is 0 Å². The molecule has 0 aliphatic rings. The molecule has 0 saturated carbocycles. The maximum Gasteiger partial charge on any atom is 0.218 e. The lowest BCUT2D eigenvalue weighted by molar-refractivity contribution is -0.106. The second-order valence-corrected chi connectivity index (χ2v) is 6.03. The number of anilines is 2. The van der Waals surface area contributed by atoms with Gasteiger partial charge in [-0.3, -0.25) is 9.69 Å². The maximum absolute atomic E-state index is 11.5. The Kier molecular flexibility index (Phi) is 4.70. The van der Waals surface area contributed by atoms with Gasteiger partial charge in [-0.1, -0.05) is 54.6 Å². The van der Waals surface area contributed by atoms with Gasteiger partial charge in [-0.15, -0.1) is 5.11 Å². The van der Waals surface area contributed by atoms with E-state index in [0.29, 0.717) is 0 Å². The average molecular weight is 351 g/mol. The maximum atomic E-state index is 11.5. The first-order chi connectivity index (χ1) is 13.3. The number of azo groups is 1. The predicted molar refractivity (Wildman–Crippen MR) is 109 cm³/mol. The summed E-state index contributed by atoms with van der Waals surface area (Å²) >= 11 is 0. The molecular formula is C23H17N3O. The zero-order valence-electron chi connectivity index (χ0n) is 14.6. The van der Waals surface area contributed by atoms with Crippen molar-refractivity contribution in [2.24, 2.45) is 10.2 Å². The van der Waals surface area contributed by atoms with Gasteiger partial charge in [0.25, 0.3) is 0 Å². The first kappa shape index (κ1) is 16.7. The lowest BCUT2D eigenvalue weighted by Gasteiger charge is -2.17. The SMILES string of the molecule is O=CN(c1ccccc1)c1ccc(/N=N/c2cccc3ccccc23)cc1. The van der Waals surface area contributed by atoms with Crippen LogP contribution in [0.25, 0.3) is 10.8 Å². The van der Waals surface area contributed by atoms with Crippen molar-refractivity contribution in [1.29, 1.82) is 0 Å². The summed E-state index contributed by atoms with van der Waals surface area (Å²) < 4.78 is 0. The normalized spacial score (nSPS) is 11.0. The number of nitrogens with zero attached hydrogens (tertiary/aromatic N) is 3. The molecule has 4 aromatic rings. The van der Waals surface area contributed by atoms with Crippen LogP contribution in [0.2, 0.25) is 0 Å². The largest absolute Gasteiger partial charge is 0.284 e. The number of fused-ring (bicyclic) bond motifs is 1. The summed E-state index contributed by atoms with van der Waals surface area (Å²) in [7, 11) is 0. The number of amides is 1. The predicted octanol–water partition coefficient (Wildman–Crippen LogP) is 6.55. The van der Waals surface area contributed by atoms with E-state index in [1.54, 1.807) is 4.90 Å². The van der Waals surface area contributed by atoms with Gasteiger partial charge in [-0.25, -0.2) is 0 Å². The fourth-order valence-electron chi connectivity index (χ4n) is 2.95. The van der Waals surface area contributed by atoms with E-state index < -0.39 is 0 Å². The Bertz CT molecular complexity index is 1080. The zero-order chi connectivity index (χ0) is 18.5. The highest BCUT2D eigenvalue weighted by molar-refractivity contribution is 5.92. The molecule has 4 heteroatoms. The minimum Gasteiger partial charge on any atom is -0.284 e. The van der Waals surface area contributed by atoms with E-state index in [4.69, 9.17) is 0 Å². The Morgan fingerprint density at radius 3 is 2.07 bits per heavy atom. The molecule has 4 nitrogen and oxygen atoms in total. The molecule has 0 bridgehead atoms. The van der Waals surface area contributed by atoms with Crippen molar-refractivity contribution in [3.63, 3.8) is 0 Å². The Hall–Kier alpha value is -3.79. The Balaban J connectivity index is 1.59. The third-order valence-corrected chi connectivity index (χ3v) is 4.31. The molecule has 0 unspecified atom stereocenters. The number of hydrogen-bond acceptors (Lipinski definition) is 3. The van der Waals surface area contributed by atoms with E-state index >= 15 is 0 Å². The van der Waals surface area contributed by atoms with E-state index in [-0.39, 0.29) is 0 Å². The molecule has 0 atom stereocenters. The van der Waals surface area contributed by atoms with Crippen LogP contribution in [-0.4, -0.2) is 6.41 Å². The van der Waals surface area contributed by atoms with Crippen molar-refractivity contribution in [2.45, 2.75) is 0 Å². The lowest BCUT2D eigenvalue weighted by atomic mass is 10.1. The molecule has 130 valence electrons. The molecule has 0 heterocycles. The number of para-hydroxylation sites is 1. The monoisotopic (exact) mass is 351 g/mol. The van der Waals surface area contributed by atoms with Gasteiger partial charge in [-0.05, 0) is 47.9 Å². The lowest BCUT2D eigenvalue weighted by Crippen LogP contribution is -2.13. The summed E-state index contributed by atoms with van der Waals surface area (Å²) in [4.78, 5) is 13.1. The first-order valence-electron chi connectivity index (χ1n) is 8.64. The fraction of sp³-hybridized carbons (Fsp3) is 0. The second kappa shape index (κ2) is 7.62. The molecule has 0 spiro atoms. The molecule has 27 heavy (non-hydrogen) atoms. The Labute approximate surface area is 157 Å². The molecule has 0 aliphatic heterocycles. The van der Waals surface area contributed by atoms with Gasteiger partial charge in [-0.2, -0.15) is 5.11 Å². The molecule has 0 fully saturated rings. The molecule has 1 amide bonds. The second-order valence-electron chi connectivity index (χ2n) is 6.03. The van der Waals surface area contributed by atoms with Crippen LogP contribution in [0, 0.1) is 0 Å². The summed E-state index contributed by atoms with van der Waals surface area (Å²) in [6.07, 6.45) is 0.808. The van der Waals surface area contributed by atoms with Gasteiger partial charge < -0.3 is 0 Å². The molecule has 0 saturated heterocycles. The van der Waals surface area contributed by atoms with Crippen molar-refractivity contribution < 1.29 is 4.79 Å². The third-order valence-electron chi connectivity index (χ3n) is 4.31. The smallest absolute Gasteiger partial charge is 0.218 e. The van der Waals surface area contributed by atoms with Crippen LogP contribution in [0.1, 0.15) is 0 Å². The highest BCUT2D eigenvalue weighted by atomic mass is 16.1. The van der Waals surface area contributed by atoms with Crippen molar-refractivity contribution >= 4 is 39.9 Å². The van der Waals surface area contributed by atoms with E-state index in [0.717, 1.165) is 39.9 Å². The van der Waals surface area contributed by atoms with Crippen LogP contribution >= 0.6 is 0 Å². The van der Waals surface area contributed by atoms with Crippen molar-refractivity contribution in [3.05, 3.63) is 97.1 Å². The molecule has 0 aliphatic carbocycles. The van der Waals surface area contributed by atoms with Gasteiger partial charge in [0.1, 0.15) is 0 Å². The van der Waals surface area contributed by atoms with E-state index in [2.05, 4.69) is 22.4 Å². The van der Waals surface area contributed by atoms with Crippen molar-refractivity contribution in [1.82, 2.24) is 0 Å². The van der Waals surface area contributed by atoms with E-state index in [9.17, 15) is 4.79 Å². The molecule has 0 aromatic heterocycles. The number of carbonyl (C=O) groups excluding carboxylic acids is 1. The number of rotatable bonds is 5. The number of carbonyl (C=O) groups is 1. The third kappa shape index (κ3) is 3.60. The van der Waals surface area contributed by atoms with E-state index in [1.165, 1.54) is 0 Å². The molecule has 4 rings (SSSR count). The number of hydrogen-bond donors (Lipinski definition) is 0. The van der Waals surface area contributed by atoms with Gasteiger partial charge in [0, 0.05) is 16.8 Å². The summed E-state index contributed by atoms with van der Waals surface area (Å²) in [5.74, 6) is 0. The highest BCUT2D eigenvalue weighted by Gasteiger charge is 2.07. The van der Waals surface area contributed by atoms with Crippen molar-refractivity contribution in [2.75, 3.05) is 4.90 Å². The molecular weight excluding hydrogens is 334 g/mol. The van der Waals surface area contributed by atoms with Crippen LogP contribution in [0.5, 0.6) is 0 Å². The topological polar surface area (TPSA) is 45.0 Å². The van der Waals surface area contributed by atoms with Crippen LogP contribution < -0.4 is 4.90 Å². The fourth-order valence-corrected chi connectivity index (χ4v) is 2.95. The molecule has 4 aromatic carbocycles. The summed E-state index contributed by atoms with van der Waals surface area (Å²) in [6, 6.07) is 31.0. The standard InChI is InChI=1S/C23H17N3O/c27-17-26(20-9-2-1-3-10-20)21-15-13-19(14-16-21)24-25-23-12-6-8-18-7-4-5-11-22(18)23/h1-17H/b25-24+. The van der Waals surface area contributed by atoms with Crippen LogP contribution in [0.4, 0.5) is 22.7 Å². The van der Waals surface area contributed by atoms with Crippen LogP contribution in [-0.2, 0) is 4.79 Å². The quantitative estimate of drug-likeness (QED) is 0.297. The van der Waals surface area contributed by atoms with Gasteiger partial charge in [0.05, 0.1) is 11.4 Å². The average Bonchev–Trinajstić information content (AvgIpc) is 2.74. The van der Waals surface area contributed by atoms with Crippen molar-refractivity contribution in [3.8, 4) is 0 Å². The minimum atomic E-state index is 0.727. The van der Waals surface area contributed by atoms with Crippen LogP contribution in [0.15, 0.2) is 107 Å². The Morgan fingerprint density at radius 1 is 0.630 bits per heavy atom. The summed E-state index contributed by atoms with van der Waals surface area (Å²) in [5, 5.41) is 10.9. The molecule has 0 N–H and O–H groups in total. The zero-order valence-corrected chi connectivity index (χ0v) is 14.6. The Morgan fingerprint density at radius 2 is 1.30 bits per heavy atom. The van der Waals surface area contributed by atoms with Gasteiger partial charge >= 0.3 is 0 Å². The summed E-state index contributed by atoms with van der Waals surface area (Å²) in [5.41, 5.74) is 3.15. The summed E-state index contributed by atoms with van der Waals surface area (Å²) in [6.45, 7) is 0. The van der Waals surface area contributed by atoms with E-state index in [1.807, 2.05) is 84.9 Å². The number of benzene rings is 4. The van der Waals surface area contributed by atoms with Gasteiger partial charge in [0.2, 0.25) is 6.41 Å².